The Labute approximate surface area is 136 Å². The van der Waals surface area contributed by atoms with Gasteiger partial charge >= 0.3 is 5.69 Å². The van der Waals surface area contributed by atoms with Gasteiger partial charge in [0.25, 0.3) is 5.69 Å². The van der Waals surface area contributed by atoms with Crippen LogP contribution in [0.5, 0.6) is 0 Å². The van der Waals surface area contributed by atoms with Crippen LogP contribution in [-0.4, -0.2) is 25.5 Å². The number of nitro benzene ring substituents is 1. The highest BCUT2D eigenvalue weighted by Gasteiger charge is 2.24. The van der Waals surface area contributed by atoms with E-state index in [2.05, 4.69) is 10.4 Å². The van der Waals surface area contributed by atoms with Gasteiger partial charge in [-0.15, -0.1) is 0 Å². The average Bonchev–Trinajstić information content (AvgIpc) is 2.90. The summed E-state index contributed by atoms with van der Waals surface area (Å²) in [5, 5.41) is 28.1. The number of aromatic nitrogens is 2. The SMILES string of the molecule is Cc1cc([N+](=O)[O-])ccc1NC(=O)C(C)n1ncc([N+](=O)[O-])c1C. The Morgan fingerprint density at radius 2 is 1.92 bits per heavy atom. The quantitative estimate of drug-likeness (QED) is 0.660. The van der Waals surface area contributed by atoms with Crippen molar-refractivity contribution >= 4 is 23.0 Å². The molecule has 0 spiro atoms. The third kappa shape index (κ3) is 3.21. The second-order valence-electron chi connectivity index (χ2n) is 5.24. The smallest absolute Gasteiger partial charge is 0.309 e. The van der Waals surface area contributed by atoms with Crippen molar-refractivity contribution in [1.29, 1.82) is 0 Å². The van der Waals surface area contributed by atoms with Crippen molar-refractivity contribution in [2.45, 2.75) is 26.8 Å². The van der Waals surface area contributed by atoms with Gasteiger partial charge < -0.3 is 5.32 Å². The number of carbonyl (C=O) groups is 1. The molecule has 0 bridgehead atoms. The van der Waals surface area contributed by atoms with E-state index in [9.17, 15) is 25.0 Å². The summed E-state index contributed by atoms with van der Waals surface area (Å²) in [6.07, 6.45) is 1.09. The van der Waals surface area contributed by atoms with Crippen molar-refractivity contribution in [2.24, 2.45) is 0 Å². The van der Waals surface area contributed by atoms with Crippen LogP contribution >= 0.6 is 0 Å². The first-order valence-electron chi connectivity index (χ1n) is 6.96. The molecule has 1 atom stereocenters. The van der Waals surface area contributed by atoms with E-state index < -0.39 is 21.8 Å². The molecule has 0 saturated heterocycles. The van der Waals surface area contributed by atoms with Gasteiger partial charge in [0.1, 0.15) is 17.9 Å². The Kier molecular flexibility index (Phi) is 4.58. The molecule has 1 N–H and O–H groups in total. The van der Waals surface area contributed by atoms with E-state index in [4.69, 9.17) is 0 Å². The number of nitrogens with one attached hydrogen (secondary N) is 1. The molecule has 0 radical (unpaired) electrons. The monoisotopic (exact) mass is 333 g/mol. The summed E-state index contributed by atoms with van der Waals surface area (Å²) in [6.45, 7) is 4.70. The van der Waals surface area contributed by atoms with Gasteiger partial charge in [0.05, 0.1) is 9.85 Å². The number of anilines is 1. The van der Waals surface area contributed by atoms with Gasteiger partial charge in [-0.1, -0.05) is 0 Å². The van der Waals surface area contributed by atoms with E-state index in [0.29, 0.717) is 11.3 Å². The molecule has 1 amide bonds. The highest BCUT2D eigenvalue weighted by molar-refractivity contribution is 5.94. The Hall–Kier alpha value is -3.30. The van der Waals surface area contributed by atoms with E-state index in [1.807, 2.05) is 0 Å². The van der Waals surface area contributed by atoms with Gasteiger partial charge in [-0.3, -0.25) is 29.7 Å². The molecule has 0 aliphatic rings. The molecule has 2 aromatic rings. The number of nitro groups is 2. The van der Waals surface area contributed by atoms with Crippen molar-refractivity contribution in [3.8, 4) is 0 Å². The lowest BCUT2D eigenvalue weighted by Gasteiger charge is -2.15. The van der Waals surface area contributed by atoms with Crippen LogP contribution in [0.1, 0.15) is 24.2 Å². The van der Waals surface area contributed by atoms with Crippen LogP contribution in [0.2, 0.25) is 0 Å². The summed E-state index contributed by atoms with van der Waals surface area (Å²) in [5.41, 5.74) is 0.992. The molecule has 0 aliphatic heterocycles. The summed E-state index contributed by atoms with van der Waals surface area (Å²) in [5.74, 6) is -0.437. The predicted octanol–water partition coefficient (Wildman–Crippen LogP) is 2.52. The topological polar surface area (TPSA) is 133 Å². The molecule has 1 aromatic carbocycles. The van der Waals surface area contributed by atoms with Gasteiger partial charge in [0, 0.05) is 17.8 Å². The largest absolute Gasteiger partial charge is 0.324 e. The molecular formula is C14H15N5O5. The lowest BCUT2D eigenvalue weighted by molar-refractivity contribution is -0.385. The fourth-order valence-electron chi connectivity index (χ4n) is 2.23. The number of non-ortho nitro benzene ring substituents is 1. The molecule has 1 heterocycles. The molecule has 0 aliphatic carbocycles. The van der Waals surface area contributed by atoms with Crippen LogP contribution in [0.3, 0.4) is 0 Å². The molecule has 0 fully saturated rings. The Morgan fingerprint density at radius 3 is 2.42 bits per heavy atom. The second-order valence-corrected chi connectivity index (χ2v) is 5.24. The van der Waals surface area contributed by atoms with Crippen LogP contribution in [0.25, 0.3) is 0 Å². The van der Waals surface area contributed by atoms with Gasteiger partial charge in [0.15, 0.2) is 0 Å². The standard InChI is InChI=1S/C14H15N5O5/c1-8-6-11(18(21)22)4-5-12(8)16-14(20)10(3)17-9(2)13(7-15-17)19(23)24/h4-7,10H,1-3H3,(H,16,20). The van der Waals surface area contributed by atoms with Crippen LogP contribution in [0.4, 0.5) is 17.1 Å². The molecule has 10 nitrogen and oxygen atoms in total. The Morgan fingerprint density at radius 1 is 1.25 bits per heavy atom. The van der Waals surface area contributed by atoms with Crippen LogP contribution in [0.15, 0.2) is 24.4 Å². The molecule has 1 unspecified atom stereocenters. The maximum absolute atomic E-state index is 12.3. The van der Waals surface area contributed by atoms with Crippen molar-refractivity contribution in [3.63, 3.8) is 0 Å². The van der Waals surface area contributed by atoms with E-state index >= 15 is 0 Å². The minimum absolute atomic E-state index is 0.0721. The van der Waals surface area contributed by atoms with Crippen LogP contribution in [-0.2, 0) is 4.79 Å². The lowest BCUT2D eigenvalue weighted by Crippen LogP contribution is -2.25. The molecule has 126 valence electrons. The van der Waals surface area contributed by atoms with E-state index in [1.165, 1.54) is 29.8 Å². The summed E-state index contributed by atoms with van der Waals surface area (Å²) >= 11 is 0. The zero-order valence-electron chi connectivity index (χ0n) is 13.2. The van der Waals surface area contributed by atoms with E-state index in [-0.39, 0.29) is 17.1 Å². The normalized spacial score (nSPS) is 11.8. The fourth-order valence-corrected chi connectivity index (χ4v) is 2.23. The zero-order chi connectivity index (χ0) is 18.0. The maximum atomic E-state index is 12.3. The third-order valence-electron chi connectivity index (χ3n) is 3.64. The number of aryl methyl sites for hydroxylation is 1. The first-order chi connectivity index (χ1) is 11.2. The summed E-state index contributed by atoms with van der Waals surface area (Å²) in [7, 11) is 0. The molecule has 0 saturated carbocycles. The van der Waals surface area contributed by atoms with Crippen LogP contribution in [0, 0.1) is 34.1 Å². The second kappa shape index (κ2) is 6.44. The lowest BCUT2D eigenvalue weighted by atomic mass is 10.1. The van der Waals surface area contributed by atoms with Crippen molar-refractivity contribution in [1.82, 2.24) is 9.78 Å². The first kappa shape index (κ1) is 17.1. The Bertz CT molecular complexity index is 829. The Balaban J connectivity index is 2.21. The van der Waals surface area contributed by atoms with Gasteiger partial charge in [-0.25, -0.2) is 0 Å². The number of carbonyl (C=O) groups excluding carboxylic acids is 1. The van der Waals surface area contributed by atoms with Crippen LogP contribution < -0.4 is 5.32 Å². The molecule has 10 heteroatoms. The fraction of sp³-hybridized carbons (Fsp3) is 0.286. The maximum Gasteiger partial charge on any atom is 0.309 e. The summed E-state index contributed by atoms with van der Waals surface area (Å²) in [4.78, 5) is 32.8. The van der Waals surface area contributed by atoms with Gasteiger partial charge in [0.2, 0.25) is 5.91 Å². The number of hydrogen-bond acceptors (Lipinski definition) is 6. The minimum atomic E-state index is -0.784. The van der Waals surface area contributed by atoms with Crippen molar-refractivity contribution < 1.29 is 14.6 Å². The number of benzene rings is 1. The van der Waals surface area contributed by atoms with Crippen molar-refractivity contribution in [3.05, 3.63) is 55.9 Å². The number of hydrogen-bond donors (Lipinski definition) is 1. The first-order valence-corrected chi connectivity index (χ1v) is 6.96. The van der Waals surface area contributed by atoms with E-state index in [1.54, 1.807) is 13.8 Å². The number of amides is 1. The predicted molar refractivity (Wildman–Crippen MR) is 84.8 cm³/mol. The molecule has 2 rings (SSSR count). The highest BCUT2D eigenvalue weighted by Crippen LogP contribution is 2.24. The zero-order valence-corrected chi connectivity index (χ0v) is 13.2. The van der Waals surface area contributed by atoms with E-state index in [0.717, 1.165) is 6.20 Å². The molecular weight excluding hydrogens is 318 g/mol. The van der Waals surface area contributed by atoms with Gasteiger partial charge in [-0.05, 0) is 32.4 Å². The minimum Gasteiger partial charge on any atom is -0.324 e. The number of nitrogens with zero attached hydrogens (tertiary/aromatic N) is 4. The highest BCUT2D eigenvalue weighted by atomic mass is 16.6. The number of rotatable bonds is 5. The summed E-state index contributed by atoms with van der Waals surface area (Å²) < 4.78 is 1.26. The molecule has 1 aromatic heterocycles. The molecule has 24 heavy (non-hydrogen) atoms. The average molecular weight is 333 g/mol. The summed E-state index contributed by atoms with van der Waals surface area (Å²) in [6, 6.07) is 3.30. The third-order valence-corrected chi connectivity index (χ3v) is 3.64. The van der Waals surface area contributed by atoms with Crippen molar-refractivity contribution in [2.75, 3.05) is 5.32 Å². The van der Waals surface area contributed by atoms with Gasteiger partial charge in [-0.2, -0.15) is 5.10 Å².